The summed E-state index contributed by atoms with van der Waals surface area (Å²) in [6, 6.07) is 0.337. The second-order valence-corrected chi connectivity index (χ2v) is 7.38. The first kappa shape index (κ1) is 14.1. The molecule has 0 bridgehead atoms. The predicted molar refractivity (Wildman–Crippen MR) is 74.1 cm³/mol. The van der Waals surface area contributed by atoms with Gasteiger partial charge in [-0.15, -0.1) is 0 Å². The Bertz CT molecular complexity index is 248. The second kappa shape index (κ2) is 5.56. The van der Waals surface area contributed by atoms with Crippen molar-refractivity contribution in [1.29, 1.82) is 0 Å². The molecule has 1 heterocycles. The third-order valence-corrected chi connectivity index (χ3v) is 3.54. The maximum atomic E-state index is 12.0. The monoisotopic (exact) mass is 339 g/mol. The number of carbonyl (C=O) groups is 1. The summed E-state index contributed by atoms with van der Waals surface area (Å²) in [7, 11) is 0. The Morgan fingerprint density at radius 2 is 2.06 bits per heavy atom. The van der Waals surface area contributed by atoms with Gasteiger partial charge in [-0.05, 0) is 40.0 Å². The highest BCUT2D eigenvalue weighted by molar-refractivity contribution is 14.1. The summed E-state index contributed by atoms with van der Waals surface area (Å²) in [6.07, 6.45) is 3.26. The molecule has 0 aromatic heterocycles. The lowest BCUT2D eigenvalue weighted by atomic mass is 10.0. The first-order valence-electron chi connectivity index (χ1n) is 5.95. The standard InChI is InChI=1S/C12H22INO2/c1-9(13)10-7-5-6-8-14(10)11(15)16-12(2,3)4/h9-10H,5-8H2,1-4H3/t9-,10-/m0/s1. The van der Waals surface area contributed by atoms with Crippen molar-refractivity contribution < 1.29 is 9.53 Å². The van der Waals surface area contributed by atoms with Crippen LogP contribution >= 0.6 is 22.6 Å². The third kappa shape index (κ3) is 4.11. The van der Waals surface area contributed by atoms with Crippen LogP contribution in [0.25, 0.3) is 0 Å². The van der Waals surface area contributed by atoms with Crippen molar-refractivity contribution in [3.8, 4) is 0 Å². The molecule has 4 heteroatoms. The molecule has 0 aromatic rings. The van der Waals surface area contributed by atoms with Gasteiger partial charge in [0.25, 0.3) is 0 Å². The molecule has 1 aliphatic heterocycles. The first-order valence-corrected chi connectivity index (χ1v) is 7.19. The van der Waals surface area contributed by atoms with Crippen molar-refractivity contribution in [2.24, 2.45) is 0 Å². The summed E-state index contributed by atoms with van der Waals surface area (Å²) in [4.78, 5) is 13.9. The molecule has 1 aliphatic rings. The lowest BCUT2D eigenvalue weighted by molar-refractivity contribution is 0.0106. The molecular formula is C12H22INO2. The van der Waals surface area contributed by atoms with Crippen molar-refractivity contribution in [3.05, 3.63) is 0 Å². The summed E-state index contributed by atoms with van der Waals surface area (Å²) in [5, 5.41) is 0. The van der Waals surface area contributed by atoms with Crippen LogP contribution in [0.5, 0.6) is 0 Å². The van der Waals surface area contributed by atoms with Gasteiger partial charge in [-0.25, -0.2) is 4.79 Å². The number of piperidine rings is 1. The summed E-state index contributed by atoms with van der Waals surface area (Å²) in [5.74, 6) is 0. The molecule has 0 saturated carbocycles. The molecule has 0 aromatic carbocycles. The fourth-order valence-electron chi connectivity index (χ4n) is 1.98. The topological polar surface area (TPSA) is 29.5 Å². The van der Waals surface area contributed by atoms with E-state index in [1.165, 1.54) is 6.42 Å². The number of hydrogen-bond acceptors (Lipinski definition) is 2. The van der Waals surface area contributed by atoms with Gasteiger partial charge in [0.1, 0.15) is 5.60 Å². The van der Waals surface area contributed by atoms with E-state index in [4.69, 9.17) is 4.74 Å². The van der Waals surface area contributed by atoms with Gasteiger partial charge in [0.05, 0.1) is 0 Å². The zero-order valence-corrected chi connectivity index (χ0v) is 12.8. The fourth-order valence-corrected chi connectivity index (χ4v) is 2.73. The molecule has 0 N–H and O–H groups in total. The van der Waals surface area contributed by atoms with E-state index in [2.05, 4.69) is 29.5 Å². The molecule has 1 rings (SSSR count). The van der Waals surface area contributed by atoms with Gasteiger partial charge in [-0.2, -0.15) is 0 Å². The van der Waals surface area contributed by atoms with Gasteiger partial charge in [0.2, 0.25) is 0 Å². The van der Waals surface area contributed by atoms with E-state index < -0.39 is 5.60 Å². The minimum Gasteiger partial charge on any atom is -0.444 e. The molecule has 0 spiro atoms. The average Bonchev–Trinajstić information content (AvgIpc) is 2.15. The number of halogens is 1. The van der Waals surface area contributed by atoms with Crippen molar-refractivity contribution >= 4 is 28.7 Å². The quantitative estimate of drug-likeness (QED) is 0.540. The van der Waals surface area contributed by atoms with Crippen LogP contribution in [0.3, 0.4) is 0 Å². The van der Waals surface area contributed by atoms with E-state index in [1.54, 1.807) is 0 Å². The van der Waals surface area contributed by atoms with Crippen molar-refractivity contribution in [3.63, 3.8) is 0 Å². The van der Waals surface area contributed by atoms with Crippen LogP contribution < -0.4 is 0 Å². The van der Waals surface area contributed by atoms with Gasteiger partial charge in [0.15, 0.2) is 0 Å². The molecule has 0 aliphatic carbocycles. The molecule has 94 valence electrons. The summed E-state index contributed by atoms with van der Waals surface area (Å²) < 4.78 is 5.92. The van der Waals surface area contributed by atoms with E-state index >= 15 is 0 Å². The second-order valence-electron chi connectivity index (χ2n) is 5.41. The number of alkyl halides is 1. The van der Waals surface area contributed by atoms with Crippen LogP contribution in [0.2, 0.25) is 0 Å². The number of hydrogen-bond donors (Lipinski definition) is 0. The molecule has 1 fully saturated rings. The normalized spacial score (nSPS) is 24.1. The lowest BCUT2D eigenvalue weighted by Gasteiger charge is -2.38. The van der Waals surface area contributed by atoms with E-state index in [0.717, 1.165) is 19.4 Å². The molecule has 3 nitrogen and oxygen atoms in total. The summed E-state index contributed by atoms with van der Waals surface area (Å²) in [5.41, 5.74) is -0.395. The van der Waals surface area contributed by atoms with Crippen LogP contribution in [0.1, 0.15) is 47.0 Å². The molecular weight excluding hydrogens is 317 g/mol. The number of likely N-dealkylation sites (tertiary alicyclic amines) is 1. The zero-order chi connectivity index (χ0) is 12.3. The van der Waals surface area contributed by atoms with Gasteiger partial charge in [-0.1, -0.05) is 29.5 Å². The Labute approximate surface area is 112 Å². The van der Waals surface area contributed by atoms with Crippen molar-refractivity contribution in [1.82, 2.24) is 4.90 Å². The Kier molecular flexibility index (Phi) is 4.88. The van der Waals surface area contributed by atoms with Crippen molar-refractivity contribution in [2.75, 3.05) is 6.54 Å². The van der Waals surface area contributed by atoms with Crippen LogP contribution in [0, 0.1) is 0 Å². The molecule has 0 unspecified atom stereocenters. The van der Waals surface area contributed by atoms with E-state index in [9.17, 15) is 4.79 Å². The van der Waals surface area contributed by atoms with E-state index in [0.29, 0.717) is 9.97 Å². The molecule has 2 atom stereocenters. The third-order valence-electron chi connectivity index (χ3n) is 2.71. The summed E-state index contributed by atoms with van der Waals surface area (Å²) >= 11 is 2.40. The van der Waals surface area contributed by atoms with Crippen molar-refractivity contribution in [2.45, 2.75) is 62.5 Å². The van der Waals surface area contributed by atoms with Crippen LogP contribution in [0.15, 0.2) is 0 Å². The fraction of sp³-hybridized carbons (Fsp3) is 0.917. The minimum atomic E-state index is -0.395. The largest absolute Gasteiger partial charge is 0.444 e. The summed E-state index contributed by atoms with van der Waals surface area (Å²) in [6.45, 7) is 8.74. The SMILES string of the molecule is C[C@H](I)[C@@H]1CCCCN1C(=O)OC(C)(C)C. The predicted octanol–water partition coefficient (Wildman–Crippen LogP) is 3.60. The number of carbonyl (C=O) groups excluding carboxylic acids is 1. The molecule has 16 heavy (non-hydrogen) atoms. The van der Waals surface area contributed by atoms with Crippen LogP contribution in [-0.2, 0) is 4.74 Å². The Hall–Kier alpha value is 0. The van der Waals surface area contributed by atoms with E-state index in [1.807, 2.05) is 25.7 Å². The maximum Gasteiger partial charge on any atom is 0.410 e. The lowest BCUT2D eigenvalue weighted by Crippen LogP contribution is -2.49. The molecule has 1 amide bonds. The Morgan fingerprint density at radius 3 is 2.56 bits per heavy atom. The number of ether oxygens (including phenoxy) is 1. The number of amides is 1. The van der Waals surface area contributed by atoms with Crippen LogP contribution in [0.4, 0.5) is 4.79 Å². The average molecular weight is 339 g/mol. The highest BCUT2D eigenvalue weighted by atomic mass is 127. The maximum absolute atomic E-state index is 12.0. The highest BCUT2D eigenvalue weighted by Crippen LogP contribution is 2.25. The number of nitrogens with zero attached hydrogens (tertiary/aromatic N) is 1. The van der Waals surface area contributed by atoms with Gasteiger partial charge in [-0.3, -0.25) is 0 Å². The smallest absolute Gasteiger partial charge is 0.410 e. The molecule has 1 saturated heterocycles. The Balaban J connectivity index is 2.64. The highest BCUT2D eigenvalue weighted by Gasteiger charge is 2.32. The first-order chi connectivity index (χ1) is 7.31. The number of rotatable bonds is 1. The molecule has 0 radical (unpaired) electrons. The van der Waals surface area contributed by atoms with Crippen LogP contribution in [-0.4, -0.2) is 33.1 Å². The minimum absolute atomic E-state index is 0.152. The zero-order valence-electron chi connectivity index (χ0n) is 10.6. The Morgan fingerprint density at radius 1 is 1.44 bits per heavy atom. The van der Waals surface area contributed by atoms with Gasteiger partial charge in [0, 0.05) is 16.5 Å². The van der Waals surface area contributed by atoms with E-state index in [-0.39, 0.29) is 6.09 Å². The van der Waals surface area contributed by atoms with Gasteiger partial charge < -0.3 is 9.64 Å². The van der Waals surface area contributed by atoms with Gasteiger partial charge >= 0.3 is 6.09 Å².